The fraction of sp³-hybridized carbons (Fsp3) is 0.500. The minimum absolute atomic E-state index is 0.0250. The second-order valence-corrected chi connectivity index (χ2v) is 23.7. The normalized spacial score (nSPS) is 17.2. The molecule has 33 nitrogen and oxygen atoms in total. The van der Waals surface area contributed by atoms with Gasteiger partial charge >= 0.3 is 35.8 Å². The number of carboxylic acid groups (broad SMARTS) is 2. The molecule has 35 heteroatoms. The first kappa shape index (κ1) is 89.9. The predicted octanol–water partition coefficient (Wildman–Crippen LogP) is 2.41. The van der Waals surface area contributed by atoms with Gasteiger partial charge in [0.25, 0.3) is 0 Å². The number of amides is 5. The fourth-order valence-corrected chi connectivity index (χ4v) is 10.3. The lowest BCUT2D eigenvalue weighted by Gasteiger charge is -2.35. The van der Waals surface area contributed by atoms with Gasteiger partial charge in [-0.1, -0.05) is 48.5 Å². The topological polar surface area (TPSA) is 425 Å². The summed E-state index contributed by atoms with van der Waals surface area (Å²) in [5.74, 6) is -2.02. The van der Waals surface area contributed by atoms with E-state index in [1.165, 1.54) is 31.1 Å². The highest BCUT2D eigenvalue weighted by Gasteiger charge is 2.35. The molecule has 0 spiro atoms. The molecule has 7 N–H and O–H groups in total. The lowest BCUT2D eigenvalue weighted by molar-refractivity contribution is -0.163. The Morgan fingerprint density at radius 2 is 0.981 bits per heavy atom. The Morgan fingerprint density at radius 1 is 0.552 bits per heavy atom. The minimum Gasteiger partial charge on any atom is -0.497 e. The number of rotatable bonds is 30. The van der Waals surface area contributed by atoms with E-state index < -0.39 is 54.5 Å². The van der Waals surface area contributed by atoms with Gasteiger partial charge in [-0.2, -0.15) is 0 Å². The molecule has 7 atom stereocenters. The van der Waals surface area contributed by atoms with Crippen molar-refractivity contribution in [2.24, 2.45) is 0 Å². The molecule has 4 aromatic carbocycles. The highest BCUT2D eigenvalue weighted by atomic mass is 35.5. The van der Waals surface area contributed by atoms with E-state index in [1.807, 2.05) is 48.5 Å². The molecule has 4 fully saturated rings. The number of ether oxygens (including phenoxy) is 11. The summed E-state index contributed by atoms with van der Waals surface area (Å²) in [4.78, 5) is 128. The molecule has 4 aliphatic rings. The third kappa shape index (κ3) is 34.4. The number of morpholine rings is 4. The molecule has 0 aromatic heterocycles. The first-order valence-corrected chi connectivity index (χ1v) is 34.7. The van der Waals surface area contributed by atoms with E-state index in [-0.39, 0.29) is 134 Å². The summed E-state index contributed by atoms with van der Waals surface area (Å²) in [7, 11) is 10.3. The number of carbonyl (C=O) groups excluding carboxylic acids is 9. The van der Waals surface area contributed by atoms with Crippen LogP contribution in [0, 0.1) is 0 Å². The van der Waals surface area contributed by atoms with Crippen molar-refractivity contribution in [1.82, 2.24) is 30.7 Å². The van der Waals surface area contributed by atoms with Gasteiger partial charge in [-0.3, -0.25) is 48.5 Å². The molecular weight excluding hydrogens is 1420 g/mol. The Hall–Kier alpha value is -9.31. The second kappa shape index (κ2) is 51.0. The van der Waals surface area contributed by atoms with Crippen molar-refractivity contribution in [3.63, 3.8) is 0 Å². The number of carboxylic acids is 2. The van der Waals surface area contributed by atoms with E-state index in [2.05, 4.69) is 30.2 Å². The average Bonchev–Trinajstić information content (AvgIpc) is 0.853. The maximum atomic E-state index is 12.1. The van der Waals surface area contributed by atoms with Gasteiger partial charge < -0.3 is 102 Å². The van der Waals surface area contributed by atoms with Crippen LogP contribution in [0.5, 0.6) is 23.0 Å². The van der Waals surface area contributed by atoms with Gasteiger partial charge in [0.05, 0.1) is 116 Å². The van der Waals surface area contributed by atoms with Gasteiger partial charge in [0.15, 0.2) is 12.1 Å². The van der Waals surface area contributed by atoms with Crippen molar-refractivity contribution in [1.29, 1.82) is 0 Å². The van der Waals surface area contributed by atoms with Crippen molar-refractivity contribution in [2.45, 2.75) is 101 Å². The van der Waals surface area contributed by atoms with Gasteiger partial charge in [-0.25, -0.2) is 9.59 Å². The summed E-state index contributed by atoms with van der Waals surface area (Å²) in [6.07, 6.45) is 2.18. The molecule has 0 radical (unpaired) electrons. The van der Waals surface area contributed by atoms with Gasteiger partial charge in [0.2, 0.25) is 29.5 Å². The summed E-state index contributed by atoms with van der Waals surface area (Å²) in [5, 5.41) is 44.2. The van der Waals surface area contributed by atoms with E-state index in [0.29, 0.717) is 70.1 Å². The number of nitrogens with one attached hydrogen (secondary N) is 3. The van der Waals surface area contributed by atoms with E-state index in [4.69, 9.17) is 69.3 Å². The molecule has 7 unspecified atom stereocenters. The summed E-state index contributed by atoms with van der Waals surface area (Å²) >= 11 is 5.56. The Balaban J connectivity index is 0.000000331. The number of methoxy groups -OCH3 is 7. The average molecular weight is 1520 g/mol. The number of aliphatic hydroxyl groups is 2. The Bertz CT molecular complexity index is 3320. The minimum atomic E-state index is -1.08. The van der Waals surface area contributed by atoms with Crippen LogP contribution in [-0.4, -0.2) is 265 Å². The number of aliphatic hydroxyl groups excluding tert-OH is 2. The van der Waals surface area contributed by atoms with Gasteiger partial charge in [-0.15, -0.1) is 11.6 Å². The molecular formula is C70H96ClN6O27P. The summed E-state index contributed by atoms with van der Waals surface area (Å²) in [6, 6.07) is 26.2. The molecule has 580 valence electrons. The summed E-state index contributed by atoms with van der Waals surface area (Å²) in [5.41, 5.74) is 3.64. The van der Waals surface area contributed by atoms with E-state index in [0.717, 1.165) is 33.8 Å². The second-order valence-electron chi connectivity index (χ2n) is 22.8. The Kier molecular flexibility index (Phi) is 43.6. The van der Waals surface area contributed by atoms with Crippen LogP contribution in [0.1, 0.15) is 60.8 Å². The number of nitrogens with zero attached hydrogens (tertiary/aromatic N) is 3. The molecule has 4 aliphatic heterocycles. The number of benzene rings is 4. The van der Waals surface area contributed by atoms with Crippen LogP contribution in [0.2, 0.25) is 0 Å². The number of hydrogen-bond acceptors (Lipinski definition) is 26. The van der Waals surface area contributed by atoms with Crippen LogP contribution in [0.25, 0.3) is 0 Å². The number of esters is 3. The third-order valence-corrected chi connectivity index (χ3v) is 16.2. The summed E-state index contributed by atoms with van der Waals surface area (Å²) < 4.78 is 59.1. The lowest BCUT2D eigenvalue weighted by atomic mass is 10.1. The first-order valence-electron chi connectivity index (χ1n) is 32.8. The SMILES string of the molecule is COC(=O)C(CO)N(Cc1ccc(OC)cc1)C(=O)CCl.COC(=O)CCC1COCC(=O)N1.COC(=O)CCC1COCC(=O)N1Cc1ccc(OC)cc1.COc1ccc(CN2C(=O)COCC2C(=O)O)cc1.COc1ccc(CNC(CO)C(=O)OPC)cc1.O=C(O)CCC1COCC(=O)N1. The van der Waals surface area contributed by atoms with Crippen LogP contribution in [-0.2, 0) is 117 Å². The van der Waals surface area contributed by atoms with Gasteiger partial charge in [-0.05, 0) is 96.7 Å². The molecule has 4 aromatic rings. The van der Waals surface area contributed by atoms with E-state index in [9.17, 15) is 57.8 Å². The number of hydrogen-bond donors (Lipinski definition) is 7. The zero-order valence-corrected chi connectivity index (χ0v) is 61.7. The zero-order valence-electron chi connectivity index (χ0n) is 59.9. The van der Waals surface area contributed by atoms with Crippen LogP contribution >= 0.6 is 20.4 Å². The first-order chi connectivity index (χ1) is 50.4. The molecule has 0 aliphatic carbocycles. The molecule has 4 heterocycles. The maximum Gasteiger partial charge on any atom is 0.331 e. The largest absolute Gasteiger partial charge is 0.497 e. The number of alkyl halides is 1. The summed E-state index contributed by atoms with van der Waals surface area (Å²) in [6.45, 7) is 3.90. The smallest absolute Gasteiger partial charge is 0.331 e. The van der Waals surface area contributed by atoms with E-state index >= 15 is 0 Å². The lowest BCUT2D eigenvalue weighted by Crippen LogP contribution is -2.52. The van der Waals surface area contributed by atoms with Crippen LogP contribution in [0.15, 0.2) is 97.1 Å². The highest BCUT2D eigenvalue weighted by molar-refractivity contribution is 7.31. The van der Waals surface area contributed by atoms with Gasteiger partial charge in [0, 0.05) is 45.4 Å². The molecule has 4 saturated heterocycles. The molecule has 0 bridgehead atoms. The highest BCUT2D eigenvalue weighted by Crippen LogP contribution is 2.22. The van der Waals surface area contributed by atoms with E-state index in [1.54, 1.807) is 88.5 Å². The predicted molar refractivity (Wildman–Crippen MR) is 377 cm³/mol. The zero-order chi connectivity index (χ0) is 77.6. The number of carbonyl (C=O) groups is 11. The van der Waals surface area contributed by atoms with Crippen LogP contribution in [0.4, 0.5) is 0 Å². The maximum absolute atomic E-state index is 12.1. The molecule has 105 heavy (non-hydrogen) atoms. The fourth-order valence-electron chi connectivity index (χ4n) is 9.77. The molecule has 8 rings (SSSR count). The Labute approximate surface area is 615 Å². The van der Waals surface area contributed by atoms with Crippen LogP contribution in [0.3, 0.4) is 0 Å². The van der Waals surface area contributed by atoms with Crippen molar-refractivity contribution in [3.8, 4) is 23.0 Å². The molecule has 5 amide bonds. The number of aliphatic carboxylic acids is 2. The van der Waals surface area contributed by atoms with Crippen molar-refractivity contribution < 1.29 is 130 Å². The standard InChI is InChI=1S/C16H21NO5.C14H18ClNO5.C13H15NO5.C12H18NO4P.C8H13NO4.C7H11NO4/c1-20-14-6-3-12(4-7-14)9-17-13(5-8-16(19)21-2)10-22-11-15(17)18;1-20-11-5-3-10(4-6-11)8-16(13(18)7-15)12(9-17)14(19)21-2;1-18-10-4-2-9(3-5-10)6-14-11(13(16)17)7-19-8-12(14)15;1-16-10-5-3-9(4-6-10)7-13-11(8-14)12(15)17-18-2;1-12-8(11)3-2-6-4-13-5-7(10)9-6;9-6-4-12-3-5(8-6)1-2-7(10)11/h3-4,6-7,13H,5,8-11H2,1-2H3;3-6,12,17H,7-9H2,1-2H3;2-5,11H,6-8H2,1H3,(H,16,17);3-6,11,13-14,18H,7-8H2,1-2H3;6H,2-5H2,1H3,(H,9,10);5H,1-4H2,(H,8,9)(H,10,11). The van der Waals surface area contributed by atoms with Crippen molar-refractivity contribution in [2.75, 3.05) is 128 Å². The van der Waals surface area contributed by atoms with Crippen molar-refractivity contribution >= 4 is 85.8 Å². The monoisotopic (exact) mass is 1520 g/mol. The third-order valence-electron chi connectivity index (χ3n) is 15.5. The van der Waals surface area contributed by atoms with Gasteiger partial charge in [0.1, 0.15) is 61.3 Å². The van der Waals surface area contributed by atoms with Crippen LogP contribution < -0.4 is 34.9 Å². The molecule has 0 saturated carbocycles. The Morgan fingerprint density at radius 3 is 1.39 bits per heavy atom. The quantitative estimate of drug-likeness (QED) is 0.0171. The van der Waals surface area contributed by atoms with Crippen molar-refractivity contribution in [3.05, 3.63) is 119 Å². The number of halogens is 1.